The molecule has 2 aromatic rings. The maximum absolute atomic E-state index is 9.48. The normalized spacial score (nSPS) is 24.6. The molecular formula is C21H28N2O2. The third kappa shape index (κ3) is 3.52. The molecule has 0 aromatic heterocycles. The number of nitrogens with zero attached hydrogens (tertiary/aromatic N) is 2. The van der Waals surface area contributed by atoms with E-state index in [1.165, 1.54) is 35.7 Å². The molecule has 134 valence electrons. The summed E-state index contributed by atoms with van der Waals surface area (Å²) in [6.45, 7) is 4.72. The predicted molar refractivity (Wildman–Crippen MR) is 101 cm³/mol. The van der Waals surface area contributed by atoms with Gasteiger partial charge in [-0.05, 0) is 60.3 Å². The highest BCUT2D eigenvalue weighted by atomic mass is 16.5. The summed E-state index contributed by atoms with van der Waals surface area (Å²) in [5.74, 6) is 0.903. The number of fused-ring (bicyclic) bond motifs is 2. The number of methoxy groups -OCH3 is 1. The summed E-state index contributed by atoms with van der Waals surface area (Å²) in [6.07, 6.45) is 3.51. The molecule has 2 aromatic carbocycles. The van der Waals surface area contributed by atoms with Crippen molar-refractivity contribution in [2.45, 2.75) is 37.9 Å². The average molecular weight is 340 g/mol. The first-order chi connectivity index (χ1) is 12.3. The van der Waals surface area contributed by atoms with Crippen LogP contribution in [-0.2, 0) is 6.54 Å². The van der Waals surface area contributed by atoms with E-state index in [-0.39, 0.29) is 6.61 Å². The van der Waals surface area contributed by atoms with Crippen LogP contribution in [0.1, 0.15) is 24.8 Å². The van der Waals surface area contributed by atoms with Crippen LogP contribution in [0, 0.1) is 0 Å². The van der Waals surface area contributed by atoms with Crippen molar-refractivity contribution in [1.82, 2.24) is 9.80 Å². The first kappa shape index (κ1) is 16.8. The zero-order valence-corrected chi connectivity index (χ0v) is 15.0. The molecule has 1 N–H and O–H groups in total. The van der Waals surface area contributed by atoms with E-state index >= 15 is 0 Å². The van der Waals surface area contributed by atoms with E-state index < -0.39 is 0 Å². The Morgan fingerprint density at radius 1 is 1.12 bits per heavy atom. The fourth-order valence-corrected chi connectivity index (χ4v) is 4.50. The second-order valence-corrected chi connectivity index (χ2v) is 7.43. The van der Waals surface area contributed by atoms with Gasteiger partial charge in [-0.2, -0.15) is 0 Å². The van der Waals surface area contributed by atoms with Crippen molar-refractivity contribution >= 4 is 10.8 Å². The van der Waals surface area contributed by atoms with Gasteiger partial charge in [0.05, 0.1) is 7.11 Å². The summed E-state index contributed by atoms with van der Waals surface area (Å²) in [7, 11) is 1.71. The Balaban J connectivity index is 1.53. The SMILES string of the molecule is COc1ccc2cc(CN3CC4CCCN4C[C@@H]3CCO)ccc2c1. The van der Waals surface area contributed by atoms with E-state index in [0.29, 0.717) is 12.1 Å². The number of hydrogen-bond acceptors (Lipinski definition) is 4. The van der Waals surface area contributed by atoms with Crippen molar-refractivity contribution < 1.29 is 9.84 Å². The third-order valence-corrected chi connectivity index (χ3v) is 5.87. The van der Waals surface area contributed by atoms with Crippen LogP contribution in [0.3, 0.4) is 0 Å². The van der Waals surface area contributed by atoms with Gasteiger partial charge >= 0.3 is 0 Å². The second-order valence-electron chi connectivity index (χ2n) is 7.43. The van der Waals surface area contributed by atoms with Crippen LogP contribution in [0.5, 0.6) is 5.75 Å². The highest BCUT2D eigenvalue weighted by Gasteiger charge is 2.35. The summed E-state index contributed by atoms with van der Waals surface area (Å²) in [5, 5.41) is 12.0. The maximum atomic E-state index is 9.48. The summed E-state index contributed by atoms with van der Waals surface area (Å²) >= 11 is 0. The maximum Gasteiger partial charge on any atom is 0.119 e. The molecule has 2 heterocycles. The van der Waals surface area contributed by atoms with Gasteiger partial charge < -0.3 is 9.84 Å². The molecule has 0 bridgehead atoms. The molecule has 1 unspecified atom stereocenters. The lowest BCUT2D eigenvalue weighted by Gasteiger charge is -2.43. The average Bonchev–Trinajstić information content (AvgIpc) is 3.09. The van der Waals surface area contributed by atoms with Crippen molar-refractivity contribution in [3.63, 3.8) is 0 Å². The lowest BCUT2D eigenvalue weighted by molar-refractivity contribution is 0.0334. The van der Waals surface area contributed by atoms with Gasteiger partial charge in [0.1, 0.15) is 5.75 Å². The minimum Gasteiger partial charge on any atom is -0.497 e. The number of benzene rings is 2. The van der Waals surface area contributed by atoms with Crippen LogP contribution in [-0.4, -0.2) is 60.3 Å². The molecule has 0 aliphatic carbocycles. The van der Waals surface area contributed by atoms with Crippen molar-refractivity contribution in [2.24, 2.45) is 0 Å². The summed E-state index contributed by atoms with van der Waals surface area (Å²) < 4.78 is 5.32. The van der Waals surface area contributed by atoms with Crippen molar-refractivity contribution in [2.75, 3.05) is 33.4 Å². The number of aliphatic hydroxyl groups is 1. The Hall–Kier alpha value is -1.62. The number of rotatable bonds is 5. The fraction of sp³-hybridized carbons (Fsp3) is 0.524. The van der Waals surface area contributed by atoms with Gasteiger partial charge in [0.25, 0.3) is 0 Å². The van der Waals surface area contributed by atoms with E-state index in [0.717, 1.165) is 31.8 Å². The molecule has 2 saturated heterocycles. The van der Waals surface area contributed by atoms with Gasteiger partial charge in [0, 0.05) is 38.3 Å². The topological polar surface area (TPSA) is 35.9 Å². The van der Waals surface area contributed by atoms with Crippen molar-refractivity contribution in [3.05, 3.63) is 42.0 Å². The Kier molecular flexibility index (Phi) is 4.93. The molecule has 0 spiro atoms. The first-order valence-electron chi connectivity index (χ1n) is 9.42. The van der Waals surface area contributed by atoms with E-state index in [1.807, 2.05) is 6.07 Å². The molecule has 4 rings (SSSR count). The molecule has 0 amide bonds. The molecule has 25 heavy (non-hydrogen) atoms. The van der Waals surface area contributed by atoms with E-state index in [4.69, 9.17) is 4.74 Å². The summed E-state index contributed by atoms with van der Waals surface area (Å²) in [4.78, 5) is 5.22. The van der Waals surface area contributed by atoms with Crippen molar-refractivity contribution in [3.8, 4) is 5.75 Å². The van der Waals surface area contributed by atoms with Gasteiger partial charge in [-0.15, -0.1) is 0 Å². The largest absolute Gasteiger partial charge is 0.497 e. The van der Waals surface area contributed by atoms with Crippen molar-refractivity contribution in [1.29, 1.82) is 0 Å². The van der Waals surface area contributed by atoms with E-state index in [1.54, 1.807) is 7.11 Å². The van der Waals surface area contributed by atoms with Crippen LogP contribution >= 0.6 is 0 Å². The van der Waals surface area contributed by atoms with Gasteiger partial charge in [-0.1, -0.05) is 18.2 Å². The van der Waals surface area contributed by atoms with Crippen LogP contribution in [0.25, 0.3) is 10.8 Å². The molecule has 2 aliphatic rings. The standard InChI is InChI=1S/C21H28N2O2/c1-25-21-7-6-17-11-16(4-5-18(17)12-21)13-23-15-19-3-2-9-22(19)14-20(23)8-10-24/h4-7,11-12,19-20,24H,2-3,8-10,13-15H2,1H3/t19?,20-/m0/s1. The van der Waals surface area contributed by atoms with E-state index in [9.17, 15) is 5.11 Å². The summed E-state index contributed by atoms with van der Waals surface area (Å²) in [6, 6.07) is 14.1. The smallest absolute Gasteiger partial charge is 0.119 e. The first-order valence-corrected chi connectivity index (χ1v) is 9.42. The number of ether oxygens (including phenoxy) is 1. The molecule has 2 fully saturated rings. The Labute approximate surface area is 150 Å². The minimum atomic E-state index is 0.275. The minimum absolute atomic E-state index is 0.275. The highest BCUT2D eigenvalue weighted by molar-refractivity contribution is 5.84. The van der Waals surface area contributed by atoms with Crippen LogP contribution < -0.4 is 4.74 Å². The molecular weight excluding hydrogens is 312 g/mol. The molecule has 2 aliphatic heterocycles. The molecule has 4 nitrogen and oxygen atoms in total. The Bertz CT molecular complexity index is 733. The predicted octanol–water partition coefficient (Wildman–Crippen LogP) is 2.88. The number of hydrogen-bond donors (Lipinski definition) is 1. The van der Waals surface area contributed by atoms with E-state index in [2.05, 4.69) is 40.1 Å². The van der Waals surface area contributed by atoms with Gasteiger partial charge in [-0.25, -0.2) is 0 Å². The quantitative estimate of drug-likeness (QED) is 0.908. The highest BCUT2D eigenvalue weighted by Crippen LogP contribution is 2.28. The zero-order valence-electron chi connectivity index (χ0n) is 15.0. The zero-order chi connectivity index (χ0) is 17.2. The van der Waals surface area contributed by atoms with Gasteiger partial charge in [-0.3, -0.25) is 9.80 Å². The summed E-state index contributed by atoms with van der Waals surface area (Å²) in [5.41, 5.74) is 1.35. The Morgan fingerprint density at radius 2 is 1.96 bits per heavy atom. The van der Waals surface area contributed by atoms with Gasteiger partial charge in [0.2, 0.25) is 0 Å². The van der Waals surface area contributed by atoms with Crippen LogP contribution in [0.4, 0.5) is 0 Å². The van der Waals surface area contributed by atoms with Crippen LogP contribution in [0.2, 0.25) is 0 Å². The number of piperazine rings is 1. The number of aliphatic hydroxyl groups excluding tert-OH is 1. The fourth-order valence-electron chi connectivity index (χ4n) is 4.50. The Morgan fingerprint density at radius 3 is 2.80 bits per heavy atom. The molecule has 0 saturated carbocycles. The molecule has 4 heteroatoms. The lowest BCUT2D eigenvalue weighted by Crippen LogP contribution is -2.55. The molecule has 2 atom stereocenters. The third-order valence-electron chi connectivity index (χ3n) is 5.87. The molecule has 0 radical (unpaired) electrons. The van der Waals surface area contributed by atoms with Crippen LogP contribution in [0.15, 0.2) is 36.4 Å². The monoisotopic (exact) mass is 340 g/mol. The van der Waals surface area contributed by atoms with Gasteiger partial charge in [0.15, 0.2) is 0 Å². The lowest BCUT2D eigenvalue weighted by atomic mass is 10.0. The second kappa shape index (κ2) is 7.32.